The maximum Gasteiger partial charge on any atom is 0.103 e. The zero-order valence-corrected chi connectivity index (χ0v) is 10.6. The normalized spacial score (nSPS) is 30.6. The van der Waals surface area contributed by atoms with Crippen LogP contribution in [0.25, 0.3) is 0 Å². The highest BCUT2D eigenvalue weighted by molar-refractivity contribution is 5.13. The highest BCUT2D eigenvalue weighted by Crippen LogP contribution is 2.34. The molecule has 1 heterocycles. The van der Waals surface area contributed by atoms with E-state index in [2.05, 4.69) is 30.3 Å². The number of hydrogen-bond donors (Lipinski definition) is 0. The molecule has 1 saturated carbocycles. The Hall–Kier alpha value is -1.28. The summed E-state index contributed by atoms with van der Waals surface area (Å²) in [4.78, 5) is 0. The van der Waals surface area contributed by atoms with Gasteiger partial charge in [-0.25, -0.2) is 0 Å². The van der Waals surface area contributed by atoms with Crippen LogP contribution in [0.3, 0.4) is 0 Å². The lowest BCUT2D eigenvalue weighted by atomic mass is 9.81. The summed E-state index contributed by atoms with van der Waals surface area (Å²) in [5, 5.41) is 0. The van der Waals surface area contributed by atoms with Crippen molar-refractivity contribution in [1.29, 1.82) is 0 Å². The zero-order chi connectivity index (χ0) is 12.2. The van der Waals surface area contributed by atoms with Gasteiger partial charge < -0.3 is 9.47 Å². The minimum Gasteiger partial charge on any atom is -0.498 e. The van der Waals surface area contributed by atoms with E-state index in [4.69, 9.17) is 9.47 Å². The van der Waals surface area contributed by atoms with Crippen LogP contribution in [0.2, 0.25) is 0 Å². The van der Waals surface area contributed by atoms with Gasteiger partial charge in [0.15, 0.2) is 0 Å². The second kappa shape index (κ2) is 5.57. The molecule has 1 aromatic rings. The molecule has 1 aliphatic heterocycles. The Bertz CT molecular complexity index is 399. The fourth-order valence-corrected chi connectivity index (χ4v) is 2.98. The molecule has 3 rings (SSSR count). The molecule has 0 spiro atoms. The molecular formula is C16H20O2. The molecule has 18 heavy (non-hydrogen) atoms. The molecule has 0 N–H and O–H groups in total. The van der Waals surface area contributed by atoms with Gasteiger partial charge >= 0.3 is 0 Å². The van der Waals surface area contributed by atoms with Crippen LogP contribution >= 0.6 is 0 Å². The Morgan fingerprint density at radius 2 is 1.94 bits per heavy atom. The van der Waals surface area contributed by atoms with Gasteiger partial charge in [0.1, 0.15) is 6.10 Å². The van der Waals surface area contributed by atoms with Gasteiger partial charge in [-0.3, -0.25) is 0 Å². The van der Waals surface area contributed by atoms with E-state index in [1.54, 1.807) is 0 Å². The van der Waals surface area contributed by atoms with E-state index in [-0.39, 0.29) is 6.10 Å². The number of hydrogen-bond acceptors (Lipinski definition) is 2. The molecule has 0 radical (unpaired) electrons. The number of benzene rings is 1. The van der Waals surface area contributed by atoms with Crippen molar-refractivity contribution in [3.63, 3.8) is 0 Å². The number of fused-ring (bicyclic) bond motifs is 1. The summed E-state index contributed by atoms with van der Waals surface area (Å²) in [5.41, 5.74) is 1.24. The first-order chi connectivity index (χ1) is 8.93. The molecule has 2 aliphatic rings. The van der Waals surface area contributed by atoms with Crippen LogP contribution in [0, 0.1) is 5.92 Å². The second-order valence-electron chi connectivity index (χ2n) is 5.21. The molecular weight excluding hydrogens is 224 g/mol. The second-order valence-corrected chi connectivity index (χ2v) is 5.21. The van der Waals surface area contributed by atoms with Crippen molar-refractivity contribution in [2.45, 2.75) is 44.5 Å². The average molecular weight is 244 g/mol. The maximum atomic E-state index is 6.07. The minimum absolute atomic E-state index is 0.226. The molecule has 3 atom stereocenters. The lowest BCUT2D eigenvalue weighted by Crippen LogP contribution is -2.38. The van der Waals surface area contributed by atoms with Crippen LogP contribution in [-0.2, 0) is 16.1 Å². The summed E-state index contributed by atoms with van der Waals surface area (Å²) < 4.78 is 11.8. The van der Waals surface area contributed by atoms with Gasteiger partial charge in [0.2, 0.25) is 0 Å². The lowest BCUT2D eigenvalue weighted by Gasteiger charge is -2.37. The van der Waals surface area contributed by atoms with Gasteiger partial charge in [-0.05, 0) is 30.9 Å². The van der Waals surface area contributed by atoms with Crippen LogP contribution in [0.5, 0.6) is 0 Å². The van der Waals surface area contributed by atoms with Gasteiger partial charge in [0.25, 0.3) is 0 Å². The first kappa shape index (κ1) is 11.8. The first-order valence-corrected chi connectivity index (χ1v) is 6.91. The van der Waals surface area contributed by atoms with Crippen molar-refractivity contribution in [3.8, 4) is 0 Å². The van der Waals surface area contributed by atoms with E-state index in [1.165, 1.54) is 31.2 Å². The van der Waals surface area contributed by atoms with Crippen LogP contribution in [0.4, 0.5) is 0 Å². The number of rotatable bonds is 3. The molecule has 0 unspecified atom stereocenters. The van der Waals surface area contributed by atoms with E-state index in [0.29, 0.717) is 18.6 Å². The van der Waals surface area contributed by atoms with Gasteiger partial charge in [-0.15, -0.1) is 0 Å². The van der Waals surface area contributed by atoms with E-state index < -0.39 is 0 Å². The quantitative estimate of drug-likeness (QED) is 0.807. The van der Waals surface area contributed by atoms with E-state index >= 15 is 0 Å². The van der Waals surface area contributed by atoms with Gasteiger partial charge in [-0.2, -0.15) is 0 Å². The Labute approximate surface area is 109 Å². The molecule has 2 nitrogen and oxygen atoms in total. The third-order valence-electron chi connectivity index (χ3n) is 3.98. The summed E-state index contributed by atoms with van der Waals surface area (Å²) in [6, 6.07) is 10.4. The van der Waals surface area contributed by atoms with E-state index in [1.807, 2.05) is 12.3 Å². The Morgan fingerprint density at radius 3 is 2.83 bits per heavy atom. The topological polar surface area (TPSA) is 18.5 Å². The molecule has 0 aromatic heterocycles. The van der Waals surface area contributed by atoms with Crippen molar-refractivity contribution >= 4 is 0 Å². The highest BCUT2D eigenvalue weighted by Gasteiger charge is 2.34. The summed E-state index contributed by atoms with van der Waals surface area (Å²) in [6.45, 7) is 0.694. The SMILES string of the molecule is C1=C[C@@H](OCc2ccccc2)[C@@H]2CCCC[C@H]2O1. The predicted octanol–water partition coefficient (Wildman–Crippen LogP) is 3.67. The zero-order valence-electron chi connectivity index (χ0n) is 10.6. The van der Waals surface area contributed by atoms with Crippen molar-refractivity contribution in [1.82, 2.24) is 0 Å². The van der Waals surface area contributed by atoms with Gasteiger partial charge in [-0.1, -0.05) is 36.8 Å². The van der Waals surface area contributed by atoms with Crippen LogP contribution in [0.1, 0.15) is 31.2 Å². The molecule has 96 valence electrons. The van der Waals surface area contributed by atoms with Gasteiger partial charge in [0.05, 0.1) is 19.0 Å². The summed E-state index contributed by atoms with van der Waals surface area (Å²) in [6.07, 6.45) is 9.53. The van der Waals surface area contributed by atoms with E-state index in [0.717, 1.165) is 0 Å². The Balaban J connectivity index is 1.61. The largest absolute Gasteiger partial charge is 0.498 e. The molecule has 2 heteroatoms. The molecule has 1 aromatic carbocycles. The summed E-state index contributed by atoms with van der Waals surface area (Å²) in [5.74, 6) is 0.549. The molecule has 0 bridgehead atoms. The fraction of sp³-hybridized carbons (Fsp3) is 0.500. The third-order valence-corrected chi connectivity index (χ3v) is 3.98. The van der Waals surface area contributed by atoms with Gasteiger partial charge in [0, 0.05) is 5.92 Å². The monoisotopic (exact) mass is 244 g/mol. The molecule has 0 amide bonds. The molecule has 1 aliphatic carbocycles. The minimum atomic E-state index is 0.226. The molecule has 0 saturated heterocycles. The van der Waals surface area contributed by atoms with E-state index in [9.17, 15) is 0 Å². The maximum absolute atomic E-state index is 6.07. The first-order valence-electron chi connectivity index (χ1n) is 6.91. The van der Waals surface area contributed by atoms with Crippen LogP contribution in [-0.4, -0.2) is 12.2 Å². The number of ether oxygens (including phenoxy) is 2. The predicted molar refractivity (Wildman–Crippen MR) is 71.0 cm³/mol. The van der Waals surface area contributed by atoms with Crippen LogP contribution < -0.4 is 0 Å². The highest BCUT2D eigenvalue weighted by atomic mass is 16.5. The smallest absolute Gasteiger partial charge is 0.103 e. The lowest BCUT2D eigenvalue weighted by molar-refractivity contribution is -0.0592. The van der Waals surface area contributed by atoms with Crippen molar-refractivity contribution < 1.29 is 9.47 Å². The fourth-order valence-electron chi connectivity index (χ4n) is 2.98. The van der Waals surface area contributed by atoms with Crippen molar-refractivity contribution in [2.24, 2.45) is 5.92 Å². The Morgan fingerprint density at radius 1 is 1.11 bits per heavy atom. The third kappa shape index (κ3) is 2.59. The summed E-state index contributed by atoms with van der Waals surface area (Å²) in [7, 11) is 0. The van der Waals surface area contributed by atoms with Crippen LogP contribution in [0.15, 0.2) is 42.7 Å². The average Bonchev–Trinajstić information content (AvgIpc) is 2.46. The Kier molecular flexibility index (Phi) is 3.65. The standard InChI is InChI=1S/C16H20O2/c1-2-6-13(7-3-1)12-18-16-10-11-17-15-9-5-4-8-14(15)16/h1-3,6-7,10-11,14-16H,4-5,8-9,12H2/t14-,15-,16-/m1/s1. The molecule has 1 fully saturated rings. The summed E-state index contributed by atoms with van der Waals surface area (Å²) >= 11 is 0. The van der Waals surface area contributed by atoms with Crippen molar-refractivity contribution in [2.75, 3.05) is 0 Å². The van der Waals surface area contributed by atoms with Crippen molar-refractivity contribution in [3.05, 3.63) is 48.2 Å².